The lowest BCUT2D eigenvalue weighted by Gasteiger charge is -2.31. The fourth-order valence-corrected chi connectivity index (χ4v) is 1.79. The van der Waals surface area contributed by atoms with Crippen molar-refractivity contribution < 1.29 is 14.6 Å². The van der Waals surface area contributed by atoms with Gasteiger partial charge in [0.15, 0.2) is 0 Å². The van der Waals surface area contributed by atoms with Gasteiger partial charge in [0.2, 0.25) is 5.91 Å². The highest BCUT2D eigenvalue weighted by molar-refractivity contribution is 5.77. The van der Waals surface area contributed by atoms with E-state index in [2.05, 4.69) is 19.2 Å². The lowest BCUT2D eigenvalue weighted by atomic mass is 10.1. The topological polar surface area (TPSA) is 61.8 Å². The summed E-state index contributed by atoms with van der Waals surface area (Å²) in [5.41, 5.74) is 0. The Morgan fingerprint density at radius 2 is 2.35 bits per heavy atom. The summed E-state index contributed by atoms with van der Waals surface area (Å²) in [5.74, 6) is 0.668. The van der Waals surface area contributed by atoms with Gasteiger partial charge >= 0.3 is 0 Å². The molecular formula is C12H24N2O3. The highest BCUT2D eigenvalue weighted by atomic mass is 16.5. The Morgan fingerprint density at radius 3 is 3.00 bits per heavy atom. The third-order valence-corrected chi connectivity index (χ3v) is 2.84. The van der Waals surface area contributed by atoms with Gasteiger partial charge in [-0.3, -0.25) is 9.69 Å². The summed E-state index contributed by atoms with van der Waals surface area (Å²) in [4.78, 5) is 13.7. The van der Waals surface area contributed by atoms with E-state index in [-0.39, 0.29) is 18.6 Å². The molecule has 1 heterocycles. The molecule has 0 bridgehead atoms. The Bertz CT molecular complexity index is 234. The van der Waals surface area contributed by atoms with Crippen molar-refractivity contribution >= 4 is 5.91 Å². The van der Waals surface area contributed by atoms with E-state index >= 15 is 0 Å². The van der Waals surface area contributed by atoms with Gasteiger partial charge in [0, 0.05) is 19.6 Å². The van der Waals surface area contributed by atoms with Crippen molar-refractivity contribution in [1.29, 1.82) is 0 Å². The highest BCUT2D eigenvalue weighted by Crippen LogP contribution is 2.04. The van der Waals surface area contributed by atoms with Gasteiger partial charge in [0.05, 0.1) is 25.9 Å². The minimum atomic E-state index is -0.146. The first-order valence-corrected chi connectivity index (χ1v) is 6.33. The maximum atomic E-state index is 11.6. The lowest BCUT2D eigenvalue weighted by molar-refractivity contribution is -0.124. The average molecular weight is 244 g/mol. The van der Waals surface area contributed by atoms with Crippen molar-refractivity contribution in [2.75, 3.05) is 39.4 Å². The van der Waals surface area contributed by atoms with Gasteiger partial charge in [-0.15, -0.1) is 0 Å². The number of morpholine rings is 1. The average Bonchev–Trinajstić information content (AvgIpc) is 2.28. The molecule has 0 radical (unpaired) electrons. The van der Waals surface area contributed by atoms with E-state index in [4.69, 9.17) is 9.84 Å². The predicted molar refractivity (Wildman–Crippen MR) is 65.7 cm³/mol. The first-order chi connectivity index (χ1) is 8.11. The normalized spacial score (nSPS) is 21.8. The molecule has 0 spiro atoms. The van der Waals surface area contributed by atoms with E-state index in [1.54, 1.807) is 0 Å². The van der Waals surface area contributed by atoms with Crippen LogP contribution in [0.1, 0.15) is 20.3 Å². The van der Waals surface area contributed by atoms with E-state index in [1.165, 1.54) is 0 Å². The maximum absolute atomic E-state index is 11.6. The second kappa shape index (κ2) is 7.63. The molecule has 0 aliphatic carbocycles. The fourth-order valence-electron chi connectivity index (χ4n) is 1.79. The zero-order chi connectivity index (χ0) is 12.7. The van der Waals surface area contributed by atoms with Crippen LogP contribution in [0.3, 0.4) is 0 Å². The Labute approximate surface area is 103 Å². The van der Waals surface area contributed by atoms with Gasteiger partial charge in [0.1, 0.15) is 0 Å². The number of aliphatic hydroxyl groups is 1. The lowest BCUT2D eigenvalue weighted by Crippen LogP contribution is -2.48. The molecule has 0 saturated carbocycles. The van der Waals surface area contributed by atoms with Crippen molar-refractivity contribution in [3.05, 3.63) is 0 Å². The maximum Gasteiger partial charge on any atom is 0.234 e. The smallest absolute Gasteiger partial charge is 0.234 e. The van der Waals surface area contributed by atoms with Crippen LogP contribution < -0.4 is 5.32 Å². The van der Waals surface area contributed by atoms with Crippen LogP contribution in [0, 0.1) is 5.92 Å². The molecule has 5 nitrogen and oxygen atoms in total. The van der Waals surface area contributed by atoms with Gasteiger partial charge in [0.25, 0.3) is 0 Å². The van der Waals surface area contributed by atoms with Crippen molar-refractivity contribution in [3.63, 3.8) is 0 Å². The molecule has 1 unspecified atom stereocenters. The van der Waals surface area contributed by atoms with Gasteiger partial charge in [-0.25, -0.2) is 0 Å². The summed E-state index contributed by atoms with van der Waals surface area (Å²) in [5, 5.41) is 11.9. The van der Waals surface area contributed by atoms with Gasteiger partial charge in [-0.1, -0.05) is 13.8 Å². The number of carbonyl (C=O) groups excluding carboxylic acids is 1. The van der Waals surface area contributed by atoms with E-state index < -0.39 is 0 Å². The Balaban J connectivity index is 2.17. The summed E-state index contributed by atoms with van der Waals surface area (Å²) < 4.78 is 5.33. The molecule has 1 amide bonds. The molecule has 1 aliphatic rings. The van der Waals surface area contributed by atoms with Gasteiger partial charge in [-0.2, -0.15) is 0 Å². The number of nitrogens with zero attached hydrogens (tertiary/aromatic N) is 1. The van der Waals surface area contributed by atoms with Crippen LogP contribution in [0.15, 0.2) is 0 Å². The standard InChI is InChI=1S/C12H24N2O3/c1-10(2)3-4-13-12(16)8-14-5-6-17-11(7-14)9-15/h10-11,15H,3-9H2,1-2H3,(H,13,16). The Morgan fingerprint density at radius 1 is 1.59 bits per heavy atom. The fraction of sp³-hybridized carbons (Fsp3) is 0.917. The molecular weight excluding hydrogens is 220 g/mol. The molecule has 100 valence electrons. The number of hydrogen-bond acceptors (Lipinski definition) is 4. The van der Waals surface area contributed by atoms with Crippen LogP contribution in [0.4, 0.5) is 0 Å². The van der Waals surface area contributed by atoms with Crippen LogP contribution in [0.2, 0.25) is 0 Å². The number of aliphatic hydroxyl groups excluding tert-OH is 1. The largest absolute Gasteiger partial charge is 0.394 e. The first kappa shape index (κ1) is 14.4. The minimum absolute atomic E-state index is 0.0193. The molecule has 1 fully saturated rings. The van der Waals surface area contributed by atoms with Crippen molar-refractivity contribution in [3.8, 4) is 0 Å². The molecule has 1 saturated heterocycles. The van der Waals surface area contributed by atoms with Crippen LogP contribution in [0.5, 0.6) is 0 Å². The number of nitrogens with one attached hydrogen (secondary N) is 1. The molecule has 2 N–H and O–H groups in total. The number of ether oxygens (including phenoxy) is 1. The monoisotopic (exact) mass is 244 g/mol. The van der Waals surface area contributed by atoms with Crippen LogP contribution in [0.25, 0.3) is 0 Å². The SMILES string of the molecule is CC(C)CCNC(=O)CN1CCOC(CO)C1. The third kappa shape index (κ3) is 6.00. The summed E-state index contributed by atoms with van der Waals surface area (Å²) in [7, 11) is 0. The molecule has 1 rings (SSSR count). The van der Waals surface area contributed by atoms with Crippen LogP contribution >= 0.6 is 0 Å². The number of amides is 1. The Kier molecular flexibility index (Phi) is 6.47. The molecule has 1 aliphatic heterocycles. The highest BCUT2D eigenvalue weighted by Gasteiger charge is 2.21. The third-order valence-electron chi connectivity index (χ3n) is 2.84. The van der Waals surface area contributed by atoms with E-state index in [9.17, 15) is 4.79 Å². The van der Waals surface area contributed by atoms with Crippen molar-refractivity contribution in [2.24, 2.45) is 5.92 Å². The quantitative estimate of drug-likeness (QED) is 0.682. The number of hydrogen-bond donors (Lipinski definition) is 2. The zero-order valence-electron chi connectivity index (χ0n) is 10.8. The summed E-state index contributed by atoms with van der Waals surface area (Å²) in [6.07, 6.45) is 0.862. The summed E-state index contributed by atoms with van der Waals surface area (Å²) in [6, 6.07) is 0. The van der Waals surface area contributed by atoms with Crippen molar-refractivity contribution in [2.45, 2.75) is 26.4 Å². The predicted octanol–water partition coefficient (Wildman–Crippen LogP) is -0.158. The van der Waals surface area contributed by atoms with Crippen molar-refractivity contribution in [1.82, 2.24) is 10.2 Å². The molecule has 0 aromatic heterocycles. The van der Waals surface area contributed by atoms with E-state index in [1.807, 2.05) is 4.90 Å². The van der Waals surface area contributed by atoms with Gasteiger partial charge in [-0.05, 0) is 12.3 Å². The molecule has 17 heavy (non-hydrogen) atoms. The number of rotatable bonds is 6. The van der Waals surface area contributed by atoms with Gasteiger partial charge < -0.3 is 15.2 Å². The molecule has 0 aromatic carbocycles. The van der Waals surface area contributed by atoms with Crippen LogP contribution in [-0.2, 0) is 9.53 Å². The molecule has 0 aromatic rings. The second-order valence-electron chi connectivity index (χ2n) is 4.94. The second-order valence-corrected chi connectivity index (χ2v) is 4.94. The first-order valence-electron chi connectivity index (χ1n) is 6.33. The van der Waals surface area contributed by atoms with E-state index in [0.29, 0.717) is 25.6 Å². The zero-order valence-corrected chi connectivity index (χ0v) is 10.8. The Hall–Kier alpha value is -0.650. The number of carbonyl (C=O) groups is 1. The minimum Gasteiger partial charge on any atom is -0.394 e. The van der Waals surface area contributed by atoms with E-state index in [0.717, 1.165) is 19.5 Å². The molecule has 5 heteroatoms. The molecule has 1 atom stereocenters. The summed E-state index contributed by atoms with van der Waals surface area (Å²) in [6.45, 7) is 7.42. The summed E-state index contributed by atoms with van der Waals surface area (Å²) >= 11 is 0. The van der Waals surface area contributed by atoms with Crippen LogP contribution in [-0.4, -0.2) is 61.4 Å².